The van der Waals surface area contributed by atoms with Crippen molar-refractivity contribution in [3.63, 3.8) is 0 Å². The maximum absolute atomic E-state index is 5.27. The number of aromatic nitrogens is 3. The molecule has 0 bridgehead atoms. The molecular formula is C28H24N4. The minimum absolute atomic E-state index is 0.117. The molecule has 4 heteroatoms. The Morgan fingerprint density at radius 3 is 2.09 bits per heavy atom. The maximum atomic E-state index is 5.27. The number of hydrogen-bond donors (Lipinski definition) is 0. The first-order valence-corrected chi connectivity index (χ1v) is 10.9. The summed E-state index contributed by atoms with van der Waals surface area (Å²) >= 11 is 0. The van der Waals surface area contributed by atoms with Gasteiger partial charge < -0.3 is 4.90 Å². The predicted octanol–water partition coefficient (Wildman–Crippen LogP) is 7.17. The normalized spacial score (nSPS) is 12.8. The lowest BCUT2D eigenvalue weighted by atomic mass is 9.95. The largest absolute Gasteiger partial charge is 0.306 e. The Morgan fingerprint density at radius 2 is 1.38 bits per heavy atom. The van der Waals surface area contributed by atoms with Crippen molar-refractivity contribution in [2.24, 2.45) is 0 Å². The Labute approximate surface area is 187 Å². The van der Waals surface area contributed by atoms with Crippen LogP contribution in [0.25, 0.3) is 27.8 Å². The second kappa shape index (κ2) is 6.79. The molecule has 1 aliphatic heterocycles. The maximum Gasteiger partial charge on any atom is 0.120 e. The lowest BCUT2D eigenvalue weighted by molar-refractivity contribution is 0.539. The first-order chi connectivity index (χ1) is 15.5. The zero-order chi connectivity index (χ0) is 21.9. The molecule has 0 spiro atoms. The van der Waals surface area contributed by atoms with Gasteiger partial charge >= 0.3 is 0 Å². The fourth-order valence-corrected chi connectivity index (χ4v) is 4.67. The molecule has 4 nitrogen and oxygen atoms in total. The highest BCUT2D eigenvalue weighted by molar-refractivity contribution is 6.06. The Balaban J connectivity index is 1.77. The van der Waals surface area contributed by atoms with Crippen molar-refractivity contribution >= 4 is 28.1 Å². The first kappa shape index (κ1) is 18.8. The molecule has 0 atom stereocenters. The van der Waals surface area contributed by atoms with Crippen LogP contribution >= 0.6 is 0 Å². The highest BCUT2D eigenvalue weighted by atomic mass is 15.2. The van der Waals surface area contributed by atoms with Crippen molar-refractivity contribution in [1.29, 1.82) is 0 Å². The van der Waals surface area contributed by atoms with Crippen molar-refractivity contribution < 1.29 is 0 Å². The number of anilines is 3. The van der Waals surface area contributed by atoms with Gasteiger partial charge in [-0.25, -0.2) is 4.98 Å². The van der Waals surface area contributed by atoms with E-state index in [0.717, 1.165) is 50.7 Å². The average molecular weight is 417 g/mol. The van der Waals surface area contributed by atoms with Crippen LogP contribution in [-0.4, -0.2) is 14.5 Å². The number of pyridine rings is 1. The average Bonchev–Trinajstić information content (AvgIpc) is 3.23. The van der Waals surface area contributed by atoms with Crippen molar-refractivity contribution in [3.8, 4) is 16.8 Å². The SMILES string of the molecule is CC(C)(C)c1nc2c(-c3ccncc3)ccc3c2n1-c1ccccc1N3c1ccccc1. The molecule has 0 fully saturated rings. The number of rotatable bonds is 2. The zero-order valence-electron chi connectivity index (χ0n) is 18.4. The fourth-order valence-electron chi connectivity index (χ4n) is 4.67. The summed E-state index contributed by atoms with van der Waals surface area (Å²) in [5, 5.41) is 0. The van der Waals surface area contributed by atoms with E-state index in [9.17, 15) is 0 Å². The predicted molar refractivity (Wildman–Crippen MR) is 131 cm³/mol. The van der Waals surface area contributed by atoms with Crippen molar-refractivity contribution in [2.45, 2.75) is 26.2 Å². The van der Waals surface area contributed by atoms with Gasteiger partial charge in [0.25, 0.3) is 0 Å². The molecule has 0 saturated carbocycles. The van der Waals surface area contributed by atoms with E-state index in [-0.39, 0.29) is 5.41 Å². The third kappa shape index (κ3) is 2.69. The summed E-state index contributed by atoms with van der Waals surface area (Å²) in [6, 6.07) is 27.7. The second-order valence-electron chi connectivity index (χ2n) is 9.25. The summed E-state index contributed by atoms with van der Waals surface area (Å²) in [6.45, 7) is 6.70. The second-order valence-corrected chi connectivity index (χ2v) is 9.25. The van der Waals surface area contributed by atoms with E-state index in [1.54, 1.807) is 0 Å². The van der Waals surface area contributed by atoms with Crippen LogP contribution in [0.4, 0.5) is 17.1 Å². The standard InChI is InChI=1S/C28H24N4/c1-28(2,3)27-30-25-21(19-15-17-29-18-16-19)13-14-24-26(25)32(27)23-12-8-7-11-22(23)31(24)20-9-5-4-6-10-20/h4-18H,1-3H3. The number of para-hydroxylation sites is 3. The summed E-state index contributed by atoms with van der Waals surface area (Å²) in [7, 11) is 0. The van der Waals surface area contributed by atoms with E-state index in [1.807, 2.05) is 12.4 Å². The van der Waals surface area contributed by atoms with Crippen molar-refractivity contribution in [3.05, 3.63) is 97.1 Å². The van der Waals surface area contributed by atoms with Gasteiger partial charge in [-0.15, -0.1) is 0 Å². The molecule has 32 heavy (non-hydrogen) atoms. The van der Waals surface area contributed by atoms with E-state index < -0.39 is 0 Å². The molecule has 0 saturated heterocycles. The molecular weight excluding hydrogens is 392 g/mol. The minimum Gasteiger partial charge on any atom is -0.306 e. The fraction of sp³-hybridized carbons (Fsp3) is 0.143. The van der Waals surface area contributed by atoms with Crippen LogP contribution in [0.3, 0.4) is 0 Å². The Morgan fingerprint density at radius 1 is 0.688 bits per heavy atom. The highest BCUT2D eigenvalue weighted by Gasteiger charge is 2.33. The summed E-state index contributed by atoms with van der Waals surface area (Å²) in [6.07, 6.45) is 3.68. The van der Waals surface area contributed by atoms with E-state index in [0.29, 0.717) is 0 Å². The van der Waals surface area contributed by atoms with Gasteiger partial charge in [-0.2, -0.15) is 0 Å². The first-order valence-electron chi connectivity index (χ1n) is 10.9. The summed E-state index contributed by atoms with van der Waals surface area (Å²) in [5.74, 6) is 1.07. The van der Waals surface area contributed by atoms with E-state index in [4.69, 9.17) is 4.98 Å². The van der Waals surface area contributed by atoms with Gasteiger partial charge in [0.15, 0.2) is 0 Å². The zero-order valence-corrected chi connectivity index (χ0v) is 18.4. The molecule has 0 N–H and O–H groups in total. The van der Waals surface area contributed by atoms with Crippen LogP contribution in [0.5, 0.6) is 0 Å². The number of imidazole rings is 1. The molecule has 0 unspecified atom stereocenters. The third-order valence-electron chi connectivity index (χ3n) is 6.06. The smallest absolute Gasteiger partial charge is 0.120 e. The van der Waals surface area contributed by atoms with Crippen molar-refractivity contribution in [2.75, 3.05) is 4.90 Å². The summed E-state index contributed by atoms with van der Waals surface area (Å²) in [5.41, 5.74) is 8.91. The Bertz CT molecular complexity index is 1440. The molecule has 1 aliphatic rings. The van der Waals surface area contributed by atoms with Crippen LogP contribution in [0.2, 0.25) is 0 Å². The van der Waals surface area contributed by atoms with E-state index in [2.05, 4.69) is 114 Å². The molecule has 6 rings (SSSR count). The van der Waals surface area contributed by atoms with Crippen molar-refractivity contribution in [1.82, 2.24) is 14.5 Å². The van der Waals surface area contributed by atoms with Gasteiger partial charge in [0.05, 0.1) is 28.1 Å². The van der Waals surface area contributed by atoms with Gasteiger partial charge in [-0.3, -0.25) is 9.55 Å². The number of nitrogens with zero attached hydrogens (tertiary/aromatic N) is 4. The van der Waals surface area contributed by atoms with Crippen LogP contribution in [-0.2, 0) is 5.41 Å². The van der Waals surface area contributed by atoms with Crippen LogP contribution < -0.4 is 4.90 Å². The van der Waals surface area contributed by atoms with Gasteiger partial charge in [-0.05, 0) is 54.1 Å². The van der Waals surface area contributed by atoms with Gasteiger partial charge in [0, 0.05) is 29.1 Å². The van der Waals surface area contributed by atoms with E-state index >= 15 is 0 Å². The molecule has 3 heterocycles. The van der Waals surface area contributed by atoms with Crippen LogP contribution in [0, 0.1) is 0 Å². The molecule has 0 aliphatic carbocycles. The lowest BCUT2D eigenvalue weighted by Gasteiger charge is -2.34. The van der Waals surface area contributed by atoms with Gasteiger partial charge in [-0.1, -0.05) is 51.1 Å². The number of hydrogen-bond acceptors (Lipinski definition) is 3. The third-order valence-corrected chi connectivity index (χ3v) is 6.06. The van der Waals surface area contributed by atoms with Crippen LogP contribution in [0.1, 0.15) is 26.6 Å². The monoisotopic (exact) mass is 416 g/mol. The highest BCUT2D eigenvalue weighted by Crippen LogP contribution is 2.49. The van der Waals surface area contributed by atoms with Crippen LogP contribution in [0.15, 0.2) is 91.3 Å². The Kier molecular flexibility index (Phi) is 3.99. The van der Waals surface area contributed by atoms with Gasteiger partial charge in [0.2, 0.25) is 0 Å². The lowest BCUT2D eigenvalue weighted by Crippen LogP contribution is -2.23. The minimum atomic E-state index is -0.117. The summed E-state index contributed by atoms with van der Waals surface area (Å²) in [4.78, 5) is 11.8. The van der Waals surface area contributed by atoms with E-state index in [1.165, 1.54) is 0 Å². The topological polar surface area (TPSA) is 34.0 Å². The molecule has 2 aromatic heterocycles. The molecule has 3 aromatic carbocycles. The Hall–Kier alpha value is -3.92. The molecule has 0 amide bonds. The molecule has 5 aromatic rings. The number of benzene rings is 3. The molecule has 156 valence electrons. The summed E-state index contributed by atoms with van der Waals surface area (Å²) < 4.78 is 2.37. The molecule has 0 radical (unpaired) electrons. The van der Waals surface area contributed by atoms with Gasteiger partial charge in [0.1, 0.15) is 5.82 Å². The quantitative estimate of drug-likeness (QED) is 0.300. The number of fused-ring (bicyclic) bond motifs is 2.